The first-order chi connectivity index (χ1) is 9.28. The van der Waals surface area contributed by atoms with Crippen molar-refractivity contribution in [3.63, 3.8) is 0 Å². The topological polar surface area (TPSA) is 50.7 Å². The van der Waals surface area contributed by atoms with E-state index in [0.717, 1.165) is 43.0 Å². The third-order valence-electron chi connectivity index (χ3n) is 3.31. The molecule has 3 rings (SSSR count). The molecule has 0 saturated heterocycles. The molecule has 0 fully saturated rings. The molecule has 2 aromatic heterocycles. The van der Waals surface area contributed by atoms with Crippen LogP contribution in [0.3, 0.4) is 0 Å². The van der Waals surface area contributed by atoms with Crippen LogP contribution in [-0.2, 0) is 19.4 Å². The molecule has 1 aliphatic heterocycles. The van der Waals surface area contributed by atoms with Gasteiger partial charge in [-0.1, -0.05) is 18.5 Å². The molecule has 0 amide bonds. The number of hydrogen-bond donors (Lipinski definition) is 1. The molecule has 0 bridgehead atoms. The Bertz CT molecular complexity index is 578. The summed E-state index contributed by atoms with van der Waals surface area (Å²) in [6.45, 7) is 3.94. The summed E-state index contributed by atoms with van der Waals surface area (Å²) in [6, 6.07) is 3.68. The number of pyridine rings is 1. The van der Waals surface area contributed by atoms with Gasteiger partial charge in [0.1, 0.15) is 5.69 Å². The van der Waals surface area contributed by atoms with Gasteiger partial charge in [0.25, 0.3) is 0 Å². The zero-order chi connectivity index (χ0) is 13.2. The largest absolute Gasteiger partial charge is 0.311 e. The van der Waals surface area contributed by atoms with Crippen LogP contribution in [-0.4, -0.2) is 21.5 Å². The lowest BCUT2D eigenvalue weighted by Gasteiger charge is -2.19. The van der Waals surface area contributed by atoms with Gasteiger partial charge in [0, 0.05) is 18.4 Å². The van der Waals surface area contributed by atoms with Gasteiger partial charge in [0.15, 0.2) is 5.82 Å². The molecule has 1 N–H and O–H groups in total. The molecule has 98 valence electrons. The number of nitrogens with one attached hydrogen (secondary N) is 1. The number of halogens is 1. The van der Waals surface area contributed by atoms with Crippen LogP contribution in [0.25, 0.3) is 11.5 Å². The van der Waals surface area contributed by atoms with Crippen LogP contribution in [0.2, 0.25) is 5.02 Å². The van der Waals surface area contributed by atoms with Gasteiger partial charge in [-0.25, -0.2) is 9.97 Å². The highest BCUT2D eigenvalue weighted by atomic mass is 35.5. The SMILES string of the molecule is CCc1nc(-c2ccc(Cl)cn2)nc2c1CCNC2. The lowest BCUT2D eigenvalue weighted by molar-refractivity contribution is 0.617. The average Bonchev–Trinajstić information content (AvgIpc) is 2.47. The van der Waals surface area contributed by atoms with E-state index in [1.165, 1.54) is 5.56 Å². The van der Waals surface area contributed by atoms with E-state index in [0.29, 0.717) is 10.8 Å². The Balaban J connectivity index is 2.09. The van der Waals surface area contributed by atoms with Gasteiger partial charge >= 0.3 is 0 Å². The van der Waals surface area contributed by atoms with Crippen molar-refractivity contribution in [2.24, 2.45) is 0 Å². The molecule has 2 aromatic rings. The van der Waals surface area contributed by atoms with Crippen LogP contribution < -0.4 is 5.32 Å². The molecule has 0 saturated carbocycles. The van der Waals surface area contributed by atoms with Crippen LogP contribution in [0.1, 0.15) is 23.9 Å². The Kier molecular flexibility index (Phi) is 3.44. The highest BCUT2D eigenvalue weighted by Crippen LogP contribution is 2.21. The van der Waals surface area contributed by atoms with E-state index in [4.69, 9.17) is 11.6 Å². The Hall–Kier alpha value is -1.52. The Morgan fingerprint density at radius 1 is 1.32 bits per heavy atom. The summed E-state index contributed by atoms with van der Waals surface area (Å²) in [7, 11) is 0. The van der Waals surface area contributed by atoms with Gasteiger partial charge in [0.05, 0.1) is 10.7 Å². The van der Waals surface area contributed by atoms with Crippen molar-refractivity contribution in [2.45, 2.75) is 26.3 Å². The molecule has 0 unspecified atom stereocenters. The number of aromatic nitrogens is 3. The van der Waals surface area contributed by atoms with Gasteiger partial charge in [0.2, 0.25) is 0 Å². The summed E-state index contributed by atoms with van der Waals surface area (Å²) in [6.07, 6.45) is 3.56. The number of nitrogens with zero attached hydrogens (tertiary/aromatic N) is 3. The molecule has 4 nitrogen and oxygen atoms in total. The van der Waals surface area contributed by atoms with Crippen LogP contribution in [0.15, 0.2) is 18.3 Å². The molecule has 0 atom stereocenters. The molecule has 1 aliphatic rings. The molecule has 0 aromatic carbocycles. The second kappa shape index (κ2) is 5.23. The zero-order valence-corrected chi connectivity index (χ0v) is 11.5. The highest BCUT2D eigenvalue weighted by molar-refractivity contribution is 6.30. The Morgan fingerprint density at radius 3 is 2.95 bits per heavy atom. The molecule has 5 heteroatoms. The maximum absolute atomic E-state index is 5.86. The summed E-state index contributed by atoms with van der Waals surface area (Å²) < 4.78 is 0. The van der Waals surface area contributed by atoms with E-state index >= 15 is 0 Å². The third-order valence-corrected chi connectivity index (χ3v) is 3.54. The van der Waals surface area contributed by atoms with Gasteiger partial charge < -0.3 is 5.32 Å². The molecule has 0 aliphatic carbocycles. The van der Waals surface area contributed by atoms with Gasteiger partial charge in [-0.2, -0.15) is 0 Å². The third kappa shape index (κ3) is 2.46. The van der Waals surface area contributed by atoms with E-state index in [-0.39, 0.29) is 0 Å². The van der Waals surface area contributed by atoms with E-state index in [9.17, 15) is 0 Å². The lowest BCUT2D eigenvalue weighted by atomic mass is 10.0. The van der Waals surface area contributed by atoms with Gasteiger partial charge in [-0.15, -0.1) is 0 Å². The number of rotatable bonds is 2. The maximum atomic E-state index is 5.86. The quantitative estimate of drug-likeness (QED) is 0.914. The minimum Gasteiger partial charge on any atom is -0.311 e. The average molecular weight is 275 g/mol. The Labute approximate surface area is 117 Å². The van der Waals surface area contributed by atoms with E-state index < -0.39 is 0 Å². The van der Waals surface area contributed by atoms with Crippen molar-refractivity contribution in [1.82, 2.24) is 20.3 Å². The molecule has 0 radical (unpaired) electrons. The highest BCUT2D eigenvalue weighted by Gasteiger charge is 2.17. The van der Waals surface area contributed by atoms with E-state index in [2.05, 4.69) is 27.2 Å². The summed E-state index contributed by atoms with van der Waals surface area (Å²) in [5.41, 5.74) is 4.31. The summed E-state index contributed by atoms with van der Waals surface area (Å²) in [5.74, 6) is 0.691. The van der Waals surface area contributed by atoms with Gasteiger partial charge in [-0.05, 0) is 37.1 Å². The van der Waals surface area contributed by atoms with Crippen LogP contribution >= 0.6 is 11.6 Å². The summed E-state index contributed by atoms with van der Waals surface area (Å²) in [5, 5.41) is 3.97. The normalized spacial score (nSPS) is 14.2. The van der Waals surface area contributed by atoms with Crippen LogP contribution in [0.4, 0.5) is 0 Å². The summed E-state index contributed by atoms with van der Waals surface area (Å²) in [4.78, 5) is 13.6. The van der Waals surface area contributed by atoms with Gasteiger partial charge in [-0.3, -0.25) is 4.98 Å². The summed E-state index contributed by atoms with van der Waals surface area (Å²) >= 11 is 5.86. The monoisotopic (exact) mass is 274 g/mol. The zero-order valence-electron chi connectivity index (χ0n) is 10.8. The van der Waals surface area contributed by atoms with E-state index in [1.54, 1.807) is 6.20 Å². The standard InChI is InChI=1S/C14H15ClN4/c1-2-11-10-5-6-16-8-13(10)19-14(18-11)12-4-3-9(15)7-17-12/h3-4,7,16H,2,5-6,8H2,1H3. The predicted molar refractivity (Wildman–Crippen MR) is 75.1 cm³/mol. The molecule has 0 spiro atoms. The number of fused-ring (bicyclic) bond motifs is 1. The molecular weight excluding hydrogens is 260 g/mol. The van der Waals surface area contributed by atoms with Crippen molar-refractivity contribution in [3.05, 3.63) is 40.3 Å². The lowest BCUT2D eigenvalue weighted by Crippen LogP contribution is -2.26. The number of hydrogen-bond acceptors (Lipinski definition) is 4. The van der Waals surface area contributed by atoms with Crippen LogP contribution in [0.5, 0.6) is 0 Å². The fourth-order valence-corrected chi connectivity index (χ4v) is 2.46. The fourth-order valence-electron chi connectivity index (χ4n) is 2.35. The minimum absolute atomic E-state index is 0.624. The fraction of sp³-hybridized carbons (Fsp3) is 0.357. The second-order valence-electron chi connectivity index (χ2n) is 4.56. The van der Waals surface area contributed by atoms with Crippen molar-refractivity contribution >= 4 is 11.6 Å². The maximum Gasteiger partial charge on any atom is 0.178 e. The molecule has 3 heterocycles. The second-order valence-corrected chi connectivity index (χ2v) is 5.00. The van der Waals surface area contributed by atoms with Crippen molar-refractivity contribution < 1.29 is 0 Å². The van der Waals surface area contributed by atoms with Crippen LogP contribution in [0, 0.1) is 0 Å². The van der Waals surface area contributed by atoms with Crippen molar-refractivity contribution in [3.8, 4) is 11.5 Å². The predicted octanol–water partition coefficient (Wildman–Crippen LogP) is 2.40. The van der Waals surface area contributed by atoms with Crippen molar-refractivity contribution in [2.75, 3.05) is 6.54 Å². The van der Waals surface area contributed by atoms with E-state index in [1.807, 2.05) is 12.1 Å². The first-order valence-corrected chi connectivity index (χ1v) is 6.87. The molecular formula is C14H15ClN4. The minimum atomic E-state index is 0.624. The first-order valence-electron chi connectivity index (χ1n) is 6.49. The smallest absolute Gasteiger partial charge is 0.178 e. The Morgan fingerprint density at radius 2 is 2.21 bits per heavy atom. The number of aryl methyl sites for hydroxylation is 1. The first kappa shape index (κ1) is 12.5. The van der Waals surface area contributed by atoms with Crippen molar-refractivity contribution in [1.29, 1.82) is 0 Å². The molecule has 19 heavy (non-hydrogen) atoms.